The van der Waals surface area contributed by atoms with E-state index in [4.69, 9.17) is 0 Å². The second-order valence-corrected chi connectivity index (χ2v) is 8.03. The predicted octanol–water partition coefficient (Wildman–Crippen LogP) is 4.66. The van der Waals surface area contributed by atoms with Gasteiger partial charge in [-0.2, -0.15) is 0 Å². The van der Waals surface area contributed by atoms with Crippen LogP contribution in [0.3, 0.4) is 0 Å². The third kappa shape index (κ3) is 4.23. The third-order valence-corrected chi connectivity index (χ3v) is 5.99. The lowest BCUT2D eigenvalue weighted by Crippen LogP contribution is -2.46. The maximum atomic E-state index is 13.1. The molecule has 0 aliphatic carbocycles. The molecule has 0 amide bonds. The summed E-state index contributed by atoms with van der Waals surface area (Å²) in [5.41, 5.74) is 5.34. The molecule has 0 unspecified atom stereocenters. The molecule has 1 aliphatic heterocycles. The Morgan fingerprint density at radius 3 is 2.16 bits per heavy atom. The van der Waals surface area contributed by atoms with E-state index in [0.717, 1.165) is 60.4 Å². The van der Waals surface area contributed by atoms with Crippen molar-refractivity contribution in [3.63, 3.8) is 0 Å². The third-order valence-electron chi connectivity index (χ3n) is 5.99. The number of hydrogen-bond acceptors (Lipinski definition) is 3. The lowest BCUT2D eigenvalue weighted by atomic mass is 10.0. The molecule has 2 heterocycles. The molecule has 5 rings (SSSR count). The second kappa shape index (κ2) is 8.36. The molecule has 4 aromatic rings. The van der Waals surface area contributed by atoms with E-state index in [9.17, 15) is 9.18 Å². The molecule has 0 radical (unpaired) electrons. The molecule has 1 aliphatic rings. The highest BCUT2D eigenvalue weighted by molar-refractivity contribution is 5.90. The monoisotopic (exact) mass is 413 g/mol. The van der Waals surface area contributed by atoms with E-state index in [2.05, 4.69) is 45.1 Å². The number of aromatic nitrogens is 1. The number of piperazine rings is 1. The van der Waals surface area contributed by atoms with Crippen LogP contribution in [0.1, 0.15) is 5.56 Å². The number of nitrogens with zero attached hydrogens (tertiary/aromatic N) is 2. The summed E-state index contributed by atoms with van der Waals surface area (Å²) in [7, 11) is 0. The largest absolute Gasteiger partial charge is 0.367 e. The van der Waals surface area contributed by atoms with Crippen LogP contribution in [-0.2, 0) is 6.54 Å². The van der Waals surface area contributed by atoms with E-state index in [1.807, 2.05) is 30.3 Å². The van der Waals surface area contributed by atoms with E-state index in [0.29, 0.717) is 0 Å². The molecular formula is C26H24FN3O. The molecule has 1 aromatic heterocycles. The van der Waals surface area contributed by atoms with Crippen molar-refractivity contribution >= 4 is 16.6 Å². The number of halogens is 1. The lowest BCUT2D eigenvalue weighted by Gasteiger charge is -2.36. The average Bonchev–Trinajstić information content (AvgIpc) is 2.80. The van der Waals surface area contributed by atoms with Gasteiger partial charge in [0.25, 0.3) is 0 Å². The van der Waals surface area contributed by atoms with Gasteiger partial charge in [0.1, 0.15) is 5.82 Å². The number of anilines is 1. The molecule has 0 bridgehead atoms. The molecule has 4 nitrogen and oxygen atoms in total. The molecule has 0 atom stereocenters. The Labute approximate surface area is 180 Å². The molecule has 5 heteroatoms. The van der Waals surface area contributed by atoms with Crippen LogP contribution in [0.25, 0.3) is 22.0 Å². The summed E-state index contributed by atoms with van der Waals surface area (Å²) in [6.07, 6.45) is 0. The van der Waals surface area contributed by atoms with Crippen molar-refractivity contribution < 1.29 is 4.39 Å². The Morgan fingerprint density at radius 2 is 1.45 bits per heavy atom. The number of fused-ring (bicyclic) bond motifs is 1. The number of hydrogen-bond donors (Lipinski definition) is 1. The fraction of sp³-hybridized carbons (Fsp3) is 0.192. The van der Waals surface area contributed by atoms with Crippen molar-refractivity contribution in [1.29, 1.82) is 0 Å². The van der Waals surface area contributed by atoms with Gasteiger partial charge >= 0.3 is 0 Å². The van der Waals surface area contributed by atoms with Crippen LogP contribution in [0.15, 0.2) is 83.7 Å². The van der Waals surface area contributed by atoms with Gasteiger partial charge in [-0.1, -0.05) is 48.5 Å². The summed E-state index contributed by atoms with van der Waals surface area (Å²) in [6.45, 7) is 4.68. The van der Waals surface area contributed by atoms with Crippen LogP contribution < -0.4 is 10.5 Å². The number of para-hydroxylation sites is 1. The molecule has 0 saturated carbocycles. The maximum Gasteiger partial charge on any atom is 0.248 e. The van der Waals surface area contributed by atoms with E-state index >= 15 is 0 Å². The molecule has 1 N–H and O–H groups in total. The minimum atomic E-state index is -0.214. The van der Waals surface area contributed by atoms with Gasteiger partial charge in [-0.3, -0.25) is 9.69 Å². The fourth-order valence-electron chi connectivity index (χ4n) is 4.28. The number of aromatic amines is 1. The first-order chi connectivity index (χ1) is 15.2. The molecule has 31 heavy (non-hydrogen) atoms. The number of nitrogens with one attached hydrogen (secondary N) is 1. The Bertz CT molecular complexity index is 1240. The van der Waals surface area contributed by atoms with Gasteiger partial charge in [0.15, 0.2) is 0 Å². The Hall–Kier alpha value is -3.44. The predicted molar refractivity (Wildman–Crippen MR) is 124 cm³/mol. The number of benzene rings is 3. The summed E-state index contributed by atoms with van der Waals surface area (Å²) in [5.74, 6) is -0.214. The second-order valence-electron chi connectivity index (χ2n) is 8.03. The quantitative estimate of drug-likeness (QED) is 0.529. The number of H-pyrrole nitrogens is 1. The van der Waals surface area contributed by atoms with Gasteiger partial charge in [-0.25, -0.2) is 4.39 Å². The average molecular weight is 413 g/mol. The molecule has 0 spiro atoms. The zero-order valence-electron chi connectivity index (χ0n) is 17.2. The first-order valence-electron chi connectivity index (χ1n) is 10.6. The van der Waals surface area contributed by atoms with Crippen molar-refractivity contribution in [3.8, 4) is 11.1 Å². The van der Waals surface area contributed by atoms with Gasteiger partial charge in [-0.15, -0.1) is 0 Å². The molecule has 156 valence electrons. The zero-order valence-corrected chi connectivity index (χ0v) is 17.2. The zero-order chi connectivity index (χ0) is 21.2. The highest BCUT2D eigenvalue weighted by Crippen LogP contribution is 2.26. The van der Waals surface area contributed by atoms with Crippen LogP contribution in [0.4, 0.5) is 10.1 Å². The fourth-order valence-corrected chi connectivity index (χ4v) is 4.28. The topological polar surface area (TPSA) is 39.3 Å². The van der Waals surface area contributed by atoms with Gasteiger partial charge in [0.2, 0.25) is 5.56 Å². The summed E-state index contributed by atoms with van der Waals surface area (Å²) in [4.78, 5) is 19.6. The van der Waals surface area contributed by atoms with Crippen molar-refractivity contribution in [2.45, 2.75) is 6.54 Å². The summed E-state index contributed by atoms with van der Waals surface area (Å²) in [6, 6.07) is 24.7. The minimum absolute atomic E-state index is 0.0670. The van der Waals surface area contributed by atoms with E-state index < -0.39 is 0 Å². The highest BCUT2D eigenvalue weighted by Gasteiger charge is 2.19. The minimum Gasteiger partial charge on any atom is -0.367 e. The first kappa shape index (κ1) is 19.5. The van der Waals surface area contributed by atoms with Crippen LogP contribution in [0.5, 0.6) is 0 Å². The maximum absolute atomic E-state index is 13.1. The van der Waals surface area contributed by atoms with E-state index in [1.54, 1.807) is 6.07 Å². The van der Waals surface area contributed by atoms with Crippen LogP contribution in [0.2, 0.25) is 0 Å². The van der Waals surface area contributed by atoms with Crippen LogP contribution in [-0.4, -0.2) is 36.1 Å². The van der Waals surface area contributed by atoms with Gasteiger partial charge in [0.05, 0.1) is 11.2 Å². The SMILES string of the molecule is O=c1ccc2cccc(N3CCN(Cc4ccc(-c5ccc(F)cc5)cc4)CC3)c2[nH]1. The number of rotatable bonds is 4. The summed E-state index contributed by atoms with van der Waals surface area (Å²) in [5, 5.41) is 1.06. The molecule has 3 aromatic carbocycles. The van der Waals surface area contributed by atoms with Crippen molar-refractivity contribution in [2.24, 2.45) is 0 Å². The standard InChI is InChI=1S/C26H24FN3O/c27-23-11-8-21(9-12-23)20-6-4-19(5-7-20)18-29-14-16-30(17-15-29)24-3-1-2-22-10-13-25(31)28-26(22)24/h1-13H,14-18H2,(H,28,31). The summed E-state index contributed by atoms with van der Waals surface area (Å²) >= 11 is 0. The molecular weight excluding hydrogens is 389 g/mol. The van der Waals surface area contributed by atoms with Crippen molar-refractivity contribution in [2.75, 3.05) is 31.1 Å². The molecule has 1 saturated heterocycles. The van der Waals surface area contributed by atoms with Crippen LogP contribution in [0, 0.1) is 5.82 Å². The van der Waals surface area contributed by atoms with Crippen molar-refractivity contribution in [1.82, 2.24) is 9.88 Å². The normalized spacial score (nSPS) is 14.8. The van der Waals surface area contributed by atoms with E-state index in [1.165, 1.54) is 17.7 Å². The lowest BCUT2D eigenvalue weighted by molar-refractivity contribution is 0.250. The molecule has 1 fully saturated rings. The van der Waals surface area contributed by atoms with Gasteiger partial charge < -0.3 is 9.88 Å². The van der Waals surface area contributed by atoms with E-state index in [-0.39, 0.29) is 11.4 Å². The van der Waals surface area contributed by atoms with Gasteiger partial charge in [-0.05, 0) is 41.0 Å². The number of pyridine rings is 1. The highest BCUT2D eigenvalue weighted by atomic mass is 19.1. The van der Waals surface area contributed by atoms with Gasteiger partial charge in [0, 0.05) is 44.2 Å². The Morgan fingerprint density at radius 1 is 0.774 bits per heavy atom. The smallest absolute Gasteiger partial charge is 0.248 e. The summed E-state index contributed by atoms with van der Waals surface area (Å²) < 4.78 is 13.1. The Balaban J connectivity index is 1.24. The first-order valence-corrected chi connectivity index (χ1v) is 10.6. The van der Waals surface area contributed by atoms with Crippen molar-refractivity contribution in [3.05, 3.63) is 101 Å². The Kier molecular flexibility index (Phi) is 5.26. The van der Waals surface area contributed by atoms with Crippen LogP contribution >= 0.6 is 0 Å².